The Labute approximate surface area is 145 Å². The van der Waals surface area contributed by atoms with Gasteiger partial charge in [-0.3, -0.25) is 9.59 Å². The van der Waals surface area contributed by atoms with Gasteiger partial charge in [0.15, 0.2) is 6.61 Å². The molecular formula is C20H20N2O3. The molecule has 0 radical (unpaired) electrons. The van der Waals surface area contributed by atoms with Crippen molar-refractivity contribution >= 4 is 22.4 Å². The Kier molecular flexibility index (Phi) is 4.57. The number of nitrogens with zero attached hydrogens (tertiary/aromatic N) is 1. The predicted octanol–water partition coefficient (Wildman–Crippen LogP) is 3.17. The molecule has 1 heterocycles. The van der Waals surface area contributed by atoms with Gasteiger partial charge in [-0.05, 0) is 49.2 Å². The third kappa shape index (κ3) is 3.55. The summed E-state index contributed by atoms with van der Waals surface area (Å²) in [6, 6.07) is 13.0. The van der Waals surface area contributed by atoms with Crippen LogP contribution in [0.25, 0.3) is 10.8 Å². The average Bonchev–Trinajstić information content (AvgIpc) is 2.59. The molecular weight excluding hydrogens is 316 g/mol. The van der Waals surface area contributed by atoms with Crippen molar-refractivity contribution in [3.63, 3.8) is 0 Å². The average molecular weight is 336 g/mol. The van der Waals surface area contributed by atoms with Crippen molar-refractivity contribution in [1.29, 1.82) is 0 Å². The first-order valence-corrected chi connectivity index (χ1v) is 8.04. The van der Waals surface area contributed by atoms with Gasteiger partial charge in [-0.1, -0.05) is 18.2 Å². The molecule has 1 amide bonds. The predicted molar refractivity (Wildman–Crippen MR) is 99.2 cm³/mol. The van der Waals surface area contributed by atoms with Crippen molar-refractivity contribution in [2.24, 2.45) is 7.05 Å². The Morgan fingerprint density at radius 1 is 1.12 bits per heavy atom. The number of amides is 1. The molecule has 0 aliphatic heterocycles. The van der Waals surface area contributed by atoms with E-state index in [4.69, 9.17) is 4.74 Å². The van der Waals surface area contributed by atoms with Crippen LogP contribution >= 0.6 is 0 Å². The summed E-state index contributed by atoms with van der Waals surface area (Å²) >= 11 is 0. The van der Waals surface area contributed by atoms with E-state index in [0.29, 0.717) is 16.5 Å². The highest BCUT2D eigenvalue weighted by Gasteiger charge is 2.09. The zero-order chi connectivity index (χ0) is 18.0. The molecule has 0 saturated heterocycles. The van der Waals surface area contributed by atoms with Crippen LogP contribution in [0.2, 0.25) is 0 Å². The minimum Gasteiger partial charge on any atom is -0.483 e. The van der Waals surface area contributed by atoms with Crippen LogP contribution in [0.4, 0.5) is 5.69 Å². The minimum atomic E-state index is -0.241. The van der Waals surface area contributed by atoms with Gasteiger partial charge in [-0.25, -0.2) is 0 Å². The first kappa shape index (κ1) is 16.8. The smallest absolute Gasteiger partial charge is 0.262 e. The summed E-state index contributed by atoms with van der Waals surface area (Å²) in [5.74, 6) is 0.279. The van der Waals surface area contributed by atoms with E-state index in [2.05, 4.69) is 5.32 Å². The standard InChI is InChI=1S/C20H20N2O3/c1-13-7-8-14(2)17(11-13)21-19(23)12-25-18-6-4-5-16-15(18)9-10-22(3)20(16)24/h4-11H,12H2,1-3H3,(H,21,23). The molecule has 0 aliphatic carbocycles. The Morgan fingerprint density at radius 2 is 1.92 bits per heavy atom. The maximum Gasteiger partial charge on any atom is 0.262 e. The number of benzene rings is 2. The molecule has 0 aliphatic rings. The number of carbonyl (C=O) groups is 1. The van der Waals surface area contributed by atoms with Crippen LogP contribution in [0.3, 0.4) is 0 Å². The fourth-order valence-electron chi connectivity index (χ4n) is 2.67. The summed E-state index contributed by atoms with van der Waals surface area (Å²) in [6.45, 7) is 3.79. The lowest BCUT2D eigenvalue weighted by Gasteiger charge is -2.12. The second-order valence-corrected chi connectivity index (χ2v) is 6.10. The number of aromatic nitrogens is 1. The number of pyridine rings is 1. The van der Waals surface area contributed by atoms with Crippen LogP contribution in [0.15, 0.2) is 53.5 Å². The van der Waals surface area contributed by atoms with Crippen LogP contribution < -0.4 is 15.6 Å². The molecule has 128 valence electrons. The summed E-state index contributed by atoms with van der Waals surface area (Å²) in [5, 5.41) is 4.13. The van der Waals surface area contributed by atoms with Crippen molar-refractivity contribution < 1.29 is 9.53 Å². The lowest BCUT2D eigenvalue weighted by Crippen LogP contribution is -2.21. The first-order valence-electron chi connectivity index (χ1n) is 8.04. The fraction of sp³-hybridized carbons (Fsp3) is 0.200. The molecule has 3 rings (SSSR count). The Hall–Kier alpha value is -3.08. The molecule has 3 aromatic rings. The van der Waals surface area contributed by atoms with Gasteiger partial charge < -0.3 is 14.6 Å². The van der Waals surface area contributed by atoms with Gasteiger partial charge in [0, 0.05) is 24.3 Å². The minimum absolute atomic E-state index is 0.0946. The molecule has 0 bridgehead atoms. The number of aryl methyl sites for hydroxylation is 3. The molecule has 2 aromatic carbocycles. The van der Waals surface area contributed by atoms with Gasteiger partial charge in [0.2, 0.25) is 0 Å². The van der Waals surface area contributed by atoms with Gasteiger partial charge in [0.1, 0.15) is 5.75 Å². The zero-order valence-corrected chi connectivity index (χ0v) is 14.5. The van der Waals surface area contributed by atoms with Crippen molar-refractivity contribution in [3.8, 4) is 5.75 Å². The van der Waals surface area contributed by atoms with Gasteiger partial charge in [-0.2, -0.15) is 0 Å². The third-order valence-corrected chi connectivity index (χ3v) is 4.11. The third-order valence-electron chi connectivity index (χ3n) is 4.11. The van der Waals surface area contributed by atoms with Crippen LogP contribution in [-0.4, -0.2) is 17.1 Å². The number of anilines is 1. The summed E-state index contributed by atoms with van der Waals surface area (Å²) in [5.41, 5.74) is 2.75. The Bertz CT molecular complexity index is 1010. The number of hydrogen-bond donors (Lipinski definition) is 1. The highest BCUT2D eigenvalue weighted by atomic mass is 16.5. The van der Waals surface area contributed by atoms with Crippen molar-refractivity contribution in [2.75, 3.05) is 11.9 Å². The second-order valence-electron chi connectivity index (χ2n) is 6.10. The van der Waals surface area contributed by atoms with Crippen molar-refractivity contribution in [3.05, 3.63) is 70.1 Å². The molecule has 0 saturated carbocycles. The second kappa shape index (κ2) is 6.81. The lowest BCUT2D eigenvalue weighted by molar-refractivity contribution is -0.118. The number of carbonyl (C=O) groups excluding carboxylic acids is 1. The monoisotopic (exact) mass is 336 g/mol. The number of nitrogens with one attached hydrogen (secondary N) is 1. The maximum absolute atomic E-state index is 12.2. The van der Waals surface area contributed by atoms with E-state index in [9.17, 15) is 9.59 Å². The Morgan fingerprint density at radius 3 is 2.72 bits per heavy atom. The van der Waals surface area contributed by atoms with Gasteiger partial charge in [-0.15, -0.1) is 0 Å². The fourth-order valence-corrected chi connectivity index (χ4v) is 2.67. The summed E-state index contributed by atoms with van der Waals surface area (Å²) in [7, 11) is 1.70. The molecule has 0 spiro atoms. The first-order chi connectivity index (χ1) is 12.0. The highest BCUT2D eigenvalue weighted by molar-refractivity contribution is 5.93. The lowest BCUT2D eigenvalue weighted by atomic mass is 10.1. The number of hydrogen-bond acceptors (Lipinski definition) is 3. The highest BCUT2D eigenvalue weighted by Crippen LogP contribution is 2.23. The molecule has 0 fully saturated rings. The molecule has 0 atom stereocenters. The van der Waals surface area contributed by atoms with E-state index < -0.39 is 0 Å². The summed E-state index contributed by atoms with van der Waals surface area (Å²) < 4.78 is 7.17. The van der Waals surface area contributed by atoms with E-state index in [-0.39, 0.29) is 18.1 Å². The van der Waals surface area contributed by atoms with E-state index in [1.54, 1.807) is 31.4 Å². The van der Waals surface area contributed by atoms with Crippen LogP contribution in [0, 0.1) is 13.8 Å². The van der Waals surface area contributed by atoms with Gasteiger partial charge in [0.25, 0.3) is 11.5 Å². The summed E-state index contributed by atoms with van der Waals surface area (Å²) in [4.78, 5) is 24.4. The number of fused-ring (bicyclic) bond motifs is 1. The largest absolute Gasteiger partial charge is 0.483 e. The SMILES string of the molecule is Cc1ccc(C)c(NC(=O)COc2cccc3c(=O)n(C)ccc23)c1. The molecule has 5 heteroatoms. The van der Waals surface area contributed by atoms with Crippen LogP contribution in [-0.2, 0) is 11.8 Å². The molecule has 1 aromatic heterocycles. The van der Waals surface area contributed by atoms with Crippen LogP contribution in [0.1, 0.15) is 11.1 Å². The van der Waals surface area contributed by atoms with Gasteiger partial charge >= 0.3 is 0 Å². The molecule has 25 heavy (non-hydrogen) atoms. The molecule has 5 nitrogen and oxygen atoms in total. The quantitative estimate of drug-likeness (QED) is 0.796. The van der Waals surface area contributed by atoms with Crippen molar-refractivity contribution in [1.82, 2.24) is 4.57 Å². The molecule has 1 N–H and O–H groups in total. The van der Waals surface area contributed by atoms with E-state index in [1.807, 2.05) is 38.1 Å². The van der Waals surface area contributed by atoms with E-state index in [1.165, 1.54) is 4.57 Å². The number of ether oxygens (including phenoxy) is 1. The van der Waals surface area contributed by atoms with E-state index in [0.717, 1.165) is 16.8 Å². The maximum atomic E-state index is 12.2. The van der Waals surface area contributed by atoms with Gasteiger partial charge in [0.05, 0.1) is 5.39 Å². The summed E-state index contributed by atoms with van der Waals surface area (Å²) in [6.07, 6.45) is 1.69. The van der Waals surface area contributed by atoms with Crippen molar-refractivity contribution in [2.45, 2.75) is 13.8 Å². The normalized spacial score (nSPS) is 10.7. The van der Waals surface area contributed by atoms with Crippen LogP contribution in [0.5, 0.6) is 5.75 Å². The molecule has 0 unspecified atom stereocenters. The van der Waals surface area contributed by atoms with E-state index >= 15 is 0 Å². The topological polar surface area (TPSA) is 60.3 Å². The number of rotatable bonds is 4. The Balaban J connectivity index is 1.76. The zero-order valence-electron chi connectivity index (χ0n) is 14.5.